The summed E-state index contributed by atoms with van der Waals surface area (Å²) in [5, 5.41) is 3.32. The van der Waals surface area contributed by atoms with Crippen LogP contribution in [0.3, 0.4) is 0 Å². The average Bonchev–Trinajstić information content (AvgIpc) is 2.74. The fraction of sp³-hybridized carbons (Fsp3) is 0.692. The molecule has 1 aromatic heterocycles. The fourth-order valence-electron chi connectivity index (χ4n) is 2.60. The lowest BCUT2D eigenvalue weighted by Crippen LogP contribution is -2.39. The second-order valence-electron chi connectivity index (χ2n) is 5.23. The van der Waals surface area contributed by atoms with E-state index in [0.29, 0.717) is 6.04 Å². The zero-order chi connectivity index (χ0) is 13.9. The Balaban J connectivity index is 1.77. The molecule has 1 N–H and O–H groups in total. The molecule has 0 spiro atoms. The van der Waals surface area contributed by atoms with Gasteiger partial charge in [-0.15, -0.1) is 11.3 Å². The monoisotopic (exact) mass is 321 g/mol. The minimum atomic E-state index is -2.89. The van der Waals surface area contributed by atoms with Crippen LogP contribution in [0.5, 0.6) is 0 Å². The molecule has 1 aliphatic rings. The van der Waals surface area contributed by atoms with Gasteiger partial charge in [0.15, 0.2) is 0 Å². The van der Waals surface area contributed by atoms with Crippen molar-refractivity contribution in [3.63, 3.8) is 0 Å². The Kier molecular flexibility index (Phi) is 5.29. The third-order valence-corrected chi connectivity index (χ3v) is 6.59. The van der Waals surface area contributed by atoms with Crippen molar-refractivity contribution >= 4 is 32.8 Å². The fourth-order valence-corrected chi connectivity index (χ4v) is 4.87. The van der Waals surface area contributed by atoms with Gasteiger partial charge in [-0.05, 0) is 37.8 Å². The van der Waals surface area contributed by atoms with E-state index in [0.717, 1.165) is 43.0 Å². The summed E-state index contributed by atoms with van der Waals surface area (Å²) >= 11 is 7.50. The van der Waals surface area contributed by atoms with Gasteiger partial charge in [-0.1, -0.05) is 18.0 Å². The summed E-state index contributed by atoms with van der Waals surface area (Å²) in [4.78, 5) is 1.27. The molecule has 108 valence electrons. The zero-order valence-electron chi connectivity index (χ0n) is 11.1. The van der Waals surface area contributed by atoms with E-state index in [1.807, 2.05) is 6.07 Å². The summed E-state index contributed by atoms with van der Waals surface area (Å²) in [5.41, 5.74) is 0. The van der Waals surface area contributed by atoms with E-state index in [9.17, 15) is 8.42 Å². The maximum atomic E-state index is 11.6. The molecule has 19 heavy (non-hydrogen) atoms. The summed E-state index contributed by atoms with van der Waals surface area (Å²) in [7, 11) is -2.89. The largest absolute Gasteiger partial charge is 0.314 e. The van der Waals surface area contributed by atoms with Gasteiger partial charge in [0.05, 0.1) is 9.59 Å². The highest BCUT2D eigenvalue weighted by molar-refractivity contribution is 7.91. The highest BCUT2D eigenvalue weighted by Crippen LogP contribution is 2.24. The number of nitrogens with one attached hydrogen (secondary N) is 1. The Morgan fingerprint density at radius 2 is 2.21 bits per heavy atom. The highest BCUT2D eigenvalue weighted by atomic mass is 35.5. The van der Waals surface area contributed by atoms with Crippen molar-refractivity contribution < 1.29 is 8.42 Å². The van der Waals surface area contributed by atoms with Gasteiger partial charge in [-0.3, -0.25) is 0 Å². The molecule has 0 bridgehead atoms. The molecule has 1 saturated carbocycles. The van der Waals surface area contributed by atoms with Crippen LogP contribution >= 0.6 is 22.9 Å². The SMILES string of the molecule is CS(=O)(=O)C1CCCC(NCCc2ccc(Cl)s2)C1. The Hall–Kier alpha value is -0.100. The number of hydrogen-bond acceptors (Lipinski definition) is 4. The topological polar surface area (TPSA) is 46.2 Å². The first-order chi connectivity index (χ1) is 8.95. The van der Waals surface area contributed by atoms with Crippen molar-refractivity contribution in [3.05, 3.63) is 21.3 Å². The molecule has 1 aromatic rings. The normalized spacial score (nSPS) is 24.5. The maximum Gasteiger partial charge on any atom is 0.150 e. The van der Waals surface area contributed by atoms with Gasteiger partial charge in [-0.25, -0.2) is 8.42 Å². The van der Waals surface area contributed by atoms with E-state index < -0.39 is 9.84 Å². The molecule has 0 radical (unpaired) electrons. The molecule has 0 saturated heterocycles. The third kappa shape index (κ3) is 4.74. The molecule has 0 amide bonds. The van der Waals surface area contributed by atoms with Gasteiger partial charge >= 0.3 is 0 Å². The molecule has 6 heteroatoms. The summed E-state index contributed by atoms with van der Waals surface area (Å²) in [6.45, 7) is 0.887. The summed E-state index contributed by atoms with van der Waals surface area (Å²) < 4.78 is 24.0. The quantitative estimate of drug-likeness (QED) is 0.907. The number of rotatable bonds is 5. The standard InChI is InChI=1S/C13H20ClNO2S2/c1-19(16,17)12-4-2-3-10(9-12)15-8-7-11-5-6-13(14)18-11/h5-6,10,12,15H,2-4,7-9H2,1H3. The van der Waals surface area contributed by atoms with E-state index in [1.165, 1.54) is 11.1 Å². The van der Waals surface area contributed by atoms with E-state index in [1.54, 1.807) is 11.3 Å². The molecular formula is C13H20ClNO2S2. The molecule has 2 unspecified atom stereocenters. The van der Waals surface area contributed by atoms with Crippen LogP contribution in [0.15, 0.2) is 12.1 Å². The predicted octanol–water partition coefficient (Wildman–Crippen LogP) is 2.89. The zero-order valence-corrected chi connectivity index (χ0v) is 13.5. The van der Waals surface area contributed by atoms with Crippen LogP contribution in [0, 0.1) is 0 Å². The lowest BCUT2D eigenvalue weighted by atomic mass is 9.95. The minimum absolute atomic E-state index is 0.157. The Morgan fingerprint density at radius 1 is 1.42 bits per heavy atom. The van der Waals surface area contributed by atoms with Crippen molar-refractivity contribution in [2.24, 2.45) is 0 Å². The number of thiophene rings is 1. The van der Waals surface area contributed by atoms with Crippen LogP contribution < -0.4 is 5.32 Å². The van der Waals surface area contributed by atoms with Crippen molar-refractivity contribution in [1.29, 1.82) is 0 Å². The number of sulfone groups is 1. The Morgan fingerprint density at radius 3 is 2.84 bits per heavy atom. The first-order valence-corrected chi connectivity index (χ1v) is 9.76. The first kappa shape index (κ1) is 15.3. The molecule has 3 nitrogen and oxygen atoms in total. The molecule has 2 rings (SSSR count). The third-order valence-electron chi connectivity index (χ3n) is 3.66. The lowest BCUT2D eigenvalue weighted by molar-refractivity contribution is 0.374. The van der Waals surface area contributed by atoms with E-state index in [4.69, 9.17) is 11.6 Å². The smallest absolute Gasteiger partial charge is 0.150 e. The van der Waals surface area contributed by atoms with E-state index in [-0.39, 0.29) is 5.25 Å². The molecule has 1 fully saturated rings. The molecular weight excluding hydrogens is 302 g/mol. The second-order valence-corrected chi connectivity index (χ2v) is 9.35. The van der Waals surface area contributed by atoms with Gasteiger partial charge in [0.1, 0.15) is 9.84 Å². The molecule has 0 aromatic carbocycles. The van der Waals surface area contributed by atoms with Gasteiger partial charge in [0, 0.05) is 23.7 Å². The number of hydrogen-bond donors (Lipinski definition) is 1. The van der Waals surface area contributed by atoms with Crippen molar-refractivity contribution in [1.82, 2.24) is 5.32 Å². The first-order valence-electron chi connectivity index (χ1n) is 6.61. The minimum Gasteiger partial charge on any atom is -0.314 e. The van der Waals surface area contributed by atoms with Crippen molar-refractivity contribution in [2.45, 2.75) is 43.4 Å². The summed E-state index contributed by atoms with van der Waals surface area (Å²) in [6.07, 6.45) is 5.96. The van der Waals surface area contributed by atoms with Crippen LogP contribution in [0.25, 0.3) is 0 Å². The van der Waals surface area contributed by atoms with Crippen LogP contribution in [0.2, 0.25) is 4.34 Å². The van der Waals surface area contributed by atoms with Crippen LogP contribution in [0.1, 0.15) is 30.6 Å². The van der Waals surface area contributed by atoms with Gasteiger partial charge in [0.25, 0.3) is 0 Å². The summed E-state index contributed by atoms with van der Waals surface area (Å²) in [5.74, 6) is 0. The second kappa shape index (κ2) is 6.57. The Bertz CT molecular complexity index is 512. The van der Waals surface area contributed by atoms with Crippen molar-refractivity contribution in [2.75, 3.05) is 12.8 Å². The van der Waals surface area contributed by atoms with Gasteiger partial charge in [0.2, 0.25) is 0 Å². The van der Waals surface area contributed by atoms with Gasteiger partial charge in [-0.2, -0.15) is 0 Å². The Labute approximate surface area is 124 Å². The molecule has 1 heterocycles. The maximum absolute atomic E-state index is 11.6. The van der Waals surface area contributed by atoms with E-state index in [2.05, 4.69) is 11.4 Å². The predicted molar refractivity (Wildman–Crippen MR) is 81.9 cm³/mol. The van der Waals surface area contributed by atoms with Crippen LogP contribution in [-0.4, -0.2) is 32.5 Å². The van der Waals surface area contributed by atoms with Crippen LogP contribution in [0.4, 0.5) is 0 Å². The van der Waals surface area contributed by atoms with Crippen LogP contribution in [-0.2, 0) is 16.3 Å². The lowest BCUT2D eigenvalue weighted by Gasteiger charge is -2.28. The van der Waals surface area contributed by atoms with E-state index >= 15 is 0 Å². The molecule has 2 atom stereocenters. The molecule has 1 aliphatic carbocycles. The average molecular weight is 322 g/mol. The summed E-state index contributed by atoms with van der Waals surface area (Å²) in [6, 6.07) is 4.31. The highest BCUT2D eigenvalue weighted by Gasteiger charge is 2.28. The number of halogens is 1. The van der Waals surface area contributed by atoms with Crippen molar-refractivity contribution in [3.8, 4) is 0 Å². The molecule has 0 aliphatic heterocycles. The van der Waals surface area contributed by atoms with Gasteiger partial charge < -0.3 is 5.32 Å².